The minimum Gasteiger partial charge on any atom is -0.463 e. The number of ketones is 1. The number of esters is 1. The van der Waals surface area contributed by atoms with Crippen LogP contribution < -0.4 is 5.73 Å². The summed E-state index contributed by atoms with van der Waals surface area (Å²) in [6.07, 6.45) is -3.35. The lowest BCUT2D eigenvalue weighted by Crippen LogP contribution is -2.33. The number of ether oxygens (including phenoxy) is 1. The summed E-state index contributed by atoms with van der Waals surface area (Å²) >= 11 is 0. The van der Waals surface area contributed by atoms with E-state index in [2.05, 4.69) is 10.5 Å². The van der Waals surface area contributed by atoms with E-state index >= 15 is 0 Å². The van der Waals surface area contributed by atoms with Gasteiger partial charge in [0.2, 0.25) is 5.78 Å². The molecule has 0 bridgehead atoms. The summed E-state index contributed by atoms with van der Waals surface area (Å²) in [5.74, 6) is -1.36. The molecule has 0 saturated heterocycles. The average molecular weight is 195 g/mol. The van der Waals surface area contributed by atoms with E-state index in [9.17, 15) is 9.59 Å². The lowest BCUT2D eigenvalue weighted by atomic mass is 10.5. The number of hydrogen-bond donors (Lipinski definition) is 4. The number of rotatable bonds is 2. The molecule has 0 rings (SSSR count). The second-order valence-corrected chi connectivity index (χ2v) is 1.95. The number of methoxy groups -OCH3 is 1. The molecule has 0 aromatic heterocycles. The van der Waals surface area contributed by atoms with Crippen LogP contribution in [-0.4, -0.2) is 46.7 Å². The molecular weight excluding hydrogens is 182 g/mol. The first-order valence-electron chi connectivity index (χ1n) is 3.21. The second-order valence-electron chi connectivity index (χ2n) is 1.95. The van der Waals surface area contributed by atoms with Crippen molar-refractivity contribution >= 4 is 11.8 Å². The molecule has 0 aliphatic rings. The van der Waals surface area contributed by atoms with Crippen LogP contribution in [0, 0.1) is 0 Å². The van der Waals surface area contributed by atoms with Gasteiger partial charge < -0.3 is 25.8 Å². The van der Waals surface area contributed by atoms with Crippen molar-refractivity contribution in [2.75, 3.05) is 7.11 Å². The molecule has 0 spiro atoms. The molecular formula is C6H13NO6. The van der Waals surface area contributed by atoms with Crippen LogP contribution in [0.1, 0.15) is 6.92 Å². The fourth-order valence-electron chi connectivity index (χ4n) is 0.144. The van der Waals surface area contributed by atoms with E-state index in [1.54, 1.807) is 0 Å². The van der Waals surface area contributed by atoms with Crippen LogP contribution in [0.3, 0.4) is 0 Å². The van der Waals surface area contributed by atoms with Crippen molar-refractivity contribution in [2.24, 2.45) is 5.73 Å². The van der Waals surface area contributed by atoms with Gasteiger partial charge in [-0.2, -0.15) is 0 Å². The van der Waals surface area contributed by atoms with Gasteiger partial charge in [-0.15, -0.1) is 0 Å². The zero-order chi connectivity index (χ0) is 11.0. The summed E-state index contributed by atoms with van der Waals surface area (Å²) in [4.78, 5) is 19.8. The highest BCUT2D eigenvalue weighted by Crippen LogP contribution is 1.73. The topological polar surface area (TPSA) is 130 Å². The van der Waals surface area contributed by atoms with Gasteiger partial charge in [0.05, 0.1) is 7.11 Å². The summed E-state index contributed by atoms with van der Waals surface area (Å²) in [5.41, 5.74) is 4.49. The highest BCUT2D eigenvalue weighted by Gasteiger charge is 2.03. The molecule has 0 radical (unpaired) electrons. The van der Waals surface area contributed by atoms with Crippen LogP contribution in [-0.2, 0) is 14.3 Å². The summed E-state index contributed by atoms with van der Waals surface area (Å²) in [6.45, 7) is 1.16. The average Bonchev–Trinajstić information content (AvgIpc) is 2.03. The third-order valence-electron chi connectivity index (χ3n) is 0.778. The van der Waals surface area contributed by atoms with Crippen molar-refractivity contribution in [2.45, 2.75) is 19.4 Å². The highest BCUT2D eigenvalue weighted by molar-refractivity contribution is 6.32. The van der Waals surface area contributed by atoms with Crippen molar-refractivity contribution < 1.29 is 29.6 Å². The molecule has 0 aliphatic heterocycles. The number of hydrogen-bond acceptors (Lipinski definition) is 7. The zero-order valence-corrected chi connectivity index (χ0v) is 7.30. The maximum absolute atomic E-state index is 9.94. The molecule has 7 heteroatoms. The van der Waals surface area contributed by atoms with Crippen LogP contribution in [0.4, 0.5) is 0 Å². The van der Waals surface area contributed by atoms with Crippen LogP contribution >= 0.6 is 0 Å². The van der Waals surface area contributed by atoms with Crippen molar-refractivity contribution in [1.29, 1.82) is 0 Å². The largest absolute Gasteiger partial charge is 0.463 e. The van der Waals surface area contributed by atoms with Crippen LogP contribution in [0.2, 0.25) is 0 Å². The lowest BCUT2D eigenvalue weighted by Gasteiger charge is -2.02. The predicted molar refractivity (Wildman–Crippen MR) is 41.1 cm³/mol. The van der Waals surface area contributed by atoms with Gasteiger partial charge in [0, 0.05) is 6.92 Å². The number of carbonyl (C=O) groups excluding carboxylic acids is 2. The van der Waals surface area contributed by atoms with Gasteiger partial charge >= 0.3 is 5.97 Å². The Morgan fingerprint density at radius 3 is 1.62 bits per heavy atom. The fourth-order valence-corrected chi connectivity index (χ4v) is 0.144. The Morgan fingerprint density at radius 1 is 1.31 bits per heavy atom. The summed E-state index contributed by atoms with van der Waals surface area (Å²) in [5, 5.41) is 23.5. The summed E-state index contributed by atoms with van der Waals surface area (Å²) in [6, 6.07) is 0. The van der Waals surface area contributed by atoms with E-state index < -0.39 is 24.3 Å². The third-order valence-corrected chi connectivity index (χ3v) is 0.778. The Morgan fingerprint density at radius 2 is 1.62 bits per heavy atom. The molecule has 1 unspecified atom stereocenters. The molecule has 0 fully saturated rings. The van der Waals surface area contributed by atoms with E-state index in [0.717, 1.165) is 6.92 Å². The molecule has 0 aromatic rings. The van der Waals surface area contributed by atoms with Crippen molar-refractivity contribution in [3.63, 3.8) is 0 Å². The second kappa shape index (κ2) is 7.62. The fraction of sp³-hybridized carbons (Fsp3) is 0.667. The molecule has 1 atom stereocenters. The summed E-state index contributed by atoms with van der Waals surface area (Å²) < 4.78 is 4.02. The number of carbonyl (C=O) groups is 2. The normalized spacial score (nSPS) is 11.3. The Bertz CT molecular complexity index is 161. The van der Waals surface area contributed by atoms with Gasteiger partial charge in [0.15, 0.2) is 12.5 Å². The van der Waals surface area contributed by atoms with Gasteiger partial charge in [0.1, 0.15) is 0 Å². The number of nitrogens with two attached hydrogens (primary N) is 1. The van der Waals surface area contributed by atoms with Gasteiger partial charge in [-0.25, -0.2) is 4.79 Å². The first-order chi connectivity index (χ1) is 5.82. The molecule has 0 saturated carbocycles. The minimum atomic E-state index is -1.81. The quantitative estimate of drug-likeness (QED) is 0.214. The van der Waals surface area contributed by atoms with Crippen LogP contribution in [0.25, 0.3) is 0 Å². The first-order valence-corrected chi connectivity index (χ1v) is 3.21. The standard InChI is InChI=1S/C4H6O3.C2H7NO3/c1-3(5)4(6)7-2;3-1(4)2(5)6/h1-2H3;1-2,4-6H,3H2. The number of aliphatic hydroxyl groups is 3. The van der Waals surface area contributed by atoms with Gasteiger partial charge in [-0.1, -0.05) is 0 Å². The smallest absolute Gasteiger partial charge is 0.374 e. The molecule has 0 aromatic carbocycles. The molecule has 0 heterocycles. The molecule has 78 valence electrons. The van der Waals surface area contributed by atoms with Crippen LogP contribution in [0.15, 0.2) is 0 Å². The Hall–Kier alpha value is -1.02. The maximum Gasteiger partial charge on any atom is 0.374 e. The molecule has 13 heavy (non-hydrogen) atoms. The third kappa shape index (κ3) is 11.0. The van der Waals surface area contributed by atoms with Crippen LogP contribution in [0.5, 0.6) is 0 Å². The zero-order valence-electron chi connectivity index (χ0n) is 7.30. The lowest BCUT2D eigenvalue weighted by molar-refractivity contribution is -0.150. The van der Waals surface area contributed by atoms with Crippen molar-refractivity contribution in [1.82, 2.24) is 0 Å². The molecule has 0 aliphatic carbocycles. The van der Waals surface area contributed by atoms with Gasteiger partial charge in [0.25, 0.3) is 0 Å². The SMILES string of the molecule is COC(=O)C(C)=O.NC(O)C(O)O. The maximum atomic E-state index is 9.94. The molecule has 5 N–H and O–H groups in total. The van der Waals surface area contributed by atoms with E-state index in [0.29, 0.717) is 0 Å². The van der Waals surface area contributed by atoms with E-state index in [4.69, 9.17) is 15.3 Å². The predicted octanol–water partition coefficient (Wildman–Crippen LogP) is -2.68. The minimum absolute atomic E-state index is 0.567. The number of Topliss-reactive ketones (excluding diaryl/α,β-unsaturated/α-hetero) is 1. The van der Waals surface area contributed by atoms with Gasteiger partial charge in [-0.3, -0.25) is 4.79 Å². The Kier molecular flexibility index (Phi) is 8.50. The molecule has 0 amide bonds. The summed E-state index contributed by atoms with van der Waals surface area (Å²) in [7, 11) is 1.17. The molecule has 7 nitrogen and oxygen atoms in total. The van der Waals surface area contributed by atoms with Gasteiger partial charge in [-0.05, 0) is 0 Å². The Balaban J connectivity index is 0. The Labute approximate surface area is 74.7 Å². The van der Waals surface area contributed by atoms with E-state index in [1.165, 1.54) is 7.11 Å². The highest BCUT2D eigenvalue weighted by atomic mass is 16.5. The number of aliphatic hydroxyl groups excluding tert-OH is 2. The monoisotopic (exact) mass is 195 g/mol. The van der Waals surface area contributed by atoms with E-state index in [-0.39, 0.29) is 0 Å². The van der Waals surface area contributed by atoms with Crippen molar-refractivity contribution in [3.8, 4) is 0 Å². The van der Waals surface area contributed by atoms with E-state index in [1.807, 2.05) is 0 Å². The van der Waals surface area contributed by atoms with Crippen molar-refractivity contribution in [3.05, 3.63) is 0 Å². The first kappa shape index (κ1) is 14.5.